The van der Waals surface area contributed by atoms with Gasteiger partial charge in [-0.3, -0.25) is 0 Å². The van der Waals surface area contributed by atoms with Crippen LogP contribution in [0.4, 0.5) is 0 Å². The van der Waals surface area contributed by atoms with Crippen LogP contribution in [0.25, 0.3) is 0 Å². The van der Waals surface area contributed by atoms with E-state index in [2.05, 4.69) is 50.4 Å². The standard InChI is InChI=1S/C15H23N/c1-11(2)16-10-14-7-8-15(14)13-6-4-5-12(3)9-13/h4-6,9,11,14-16H,7-8,10H2,1-3H3. The van der Waals surface area contributed by atoms with Crippen LogP contribution in [-0.2, 0) is 0 Å². The zero-order chi connectivity index (χ0) is 11.5. The largest absolute Gasteiger partial charge is 0.314 e. The summed E-state index contributed by atoms with van der Waals surface area (Å²) in [6, 6.07) is 9.63. The van der Waals surface area contributed by atoms with Crippen LogP contribution in [-0.4, -0.2) is 12.6 Å². The van der Waals surface area contributed by atoms with Gasteiger partial charge in [0.1, 0.15) is 0 Å². The van der Waals surface area contributed by atoms with Crippen molar-refractivity contribution >= 4 is 0 Å². The molecular weight excluding hydrogens is 194 g/mol. The summed E-state index contributed by atoms with van der Waals surface area (Å²) in [6.07, 6.45) is 2.76. The molecule has 1 aromatic carbocycles. The van der Waals surface area contributed by atoms with Gasteiger partial charge in [-0.15, -0.1) is 0 Å². The normalized spacial score (nSPS) is 24.5. The Morgan fingerprint density at radius 2 is 2.12 bits per heavy atom. The van der Waals surface area contributed by atoms with Gasteiger partial charge in [-0.25, -0.2) is 0 Å². The molecule has 0 aromatic heterocycles. The zero-order valence-electron chi connectivity index (χ0n) is 10.7. The minimum atomic E-state index is 0.610. The molecule has 2 unspecified atom stereocenters. The van der Waals surface area contributed by atoms with Crippen LogP contribution < -0.4 is 5.32 Å². The van der Waals surface area contributed by atoms with Gasteiger partial charge in [0.15, 0.2) is 0 Å². The third kappa shape index (κ3) is 2.65. The minimum absolute atomic E-state index is 0.610. The lowest BCUT2D eigenvalue weighted by atomic mass is 9.70. The molecule has 1 heteroatoms. The molecule has 0 spiro atoms. The molecule has 1 fully saturated rings. The Morgan fingerprint density at radius 1 is 1.31 bits per heavy atom. The average Bonchev–Trinajstić information content (AvgIpc) is 2.15. The Labute approximate surface area is 99.3 Å². The summed E-state index contributed by atoms with van der Waals surface area (Å²) in [5.41, 5.74) is 2.93. The molecule has 2 rings (SSSR count). The van der Waals surface area contributed by atoms with Gasteiger partial charge in [-0.2, -0.15) is 0 Å². The van der Waals surface area contributed by atoms with E-state index in [0.717, 1.165) is 11.8 Å². The summed E-state index contributed by atoms with van der Waals surface area (Å²) >= 11 is 0. The molecule has 0 heterocycles. The first-order valence-corrected chi connectivity index (χ1v) is 6.47. The van der Waals surface area contributed by atoms with Crippen molar-refractivity contribution < 1.29 is 0 Å². The van der Waals surface area contributed by atoms with Crippen LogP contribution in [0, 0.1) is 12.8 Å². The molecule has 1 aliphatic carbocycles. The highest BCUT2D eigenvalue weighted by molar-refractivity contribution is 5.27. The summed E-state index contributed by atoms with van der Waals surface area (Å²) in [4.78, 5) is 0. The van der Waals surface area contributed by atoms with Crippen molar-refractivity contribution in [1.29, 1.82) is 0 Å². The maximum absolute atomic E-state index is 3.56. The number of nitrogens with one attached hydrogen (secondary N) is 1. The predicted molar refractivity (Wildman–Crippen MR) is 69.8 cm³/mol. The molecule has 0 aliphatic heterocycles. The average molecular weight is 217 g/mol. The molecule has 0 amide bonds. The summed E-state index contributed by atoms with van der Waals surface area (Å²) in [6.45, 7) is 7.81. The van der Waals surface area contributed by atoms with E-state index in [1.807, 2.05) is 0 Å². The Bertz CT molecular complexity index is 343. The predicted octanol–water partition coefficient (Wildman–Crippen LogP) is 3.49. The second-order valence-corrected chi connectivity index (χ2v) is 5.42. The van der Waals surface area contributed by atoms with Crippen LogP contribution in [0.15, 0.2) is 24.3 Å². The van der Waals surface area contributed by atoms with Crippen LogP contribution in [0.5, 0.6) is 0 Å². The second-order valence-electron chi connectivity index (χ2n) is 5.42. The Kier molecular flexibility index (Phi) is 3.65. The Morgan fingerprint density at radius 3 is 2.69 bits per heavy atom. The molecule has 1 aliphatic rings. The molecule has 2 atom stereocenters. The van der Waals surface area contributed by atoms with Gasteiger partial charge >= 0.3 is 0 Å². The van der Waals surface area contributed by atoms with Crippen molar-refractivity contribution in [2.45, 2.75) is 45.6 Å². The van der Waals surface area contributed by atoms with E-state index < -0.39 is 0 Å². The fraction of sp³-hybridized carbons (Fsp3) is 0.600. The summed E-state index contributed by atoms with van der Waals surface area (Å²) in [5, 5.41) is 3.56. The van der Waals surface area contributed by atoms with E-state index in [1.54, 1.807) is 5.56 Å². The molecule has 16 heavy (non-hydrogen) atoms. The molecule has 0 radical (unpaired) electrons. The van der Waals surface area contributed by atoms with Gasteiger partial charge in [0.2, 0.25) is 0 Å². The monoisotopic (exact) mass is 217 g/mol. The highest BCUT2D eigenvalue weighted by atomic mass is 14.9. The van der Waals surface area contributed by atoms with Gasteiger partial charge in [0.05, 0.1) is 0 Å². The van der Waals surface area contributed by atoms with Gasteiger partial charge < -0.3 is 5.32 Å². The van der Waals surface area contributed by atoms with E-state index in [0.29, 0.717) is 6.04 Å². The minimum Gasteiger partial charge on any atom is -0.314 e. The van der Waals surface area contributed by atoms with E-state index in [4.69, 9.17) is 0 Å². The van der Waals surface area contributed by atoms with Crippen molar-refractivity contribution in [3.05, 3.63) is 35.4 Å². The molecule has 1 saturated carbocycles. The molecule has 1 nitrogen and oxygen atoms in total. The first-order chi connectivity index (χ1) is 7.66. The van der Waals surface area contributed by atoms with Crippen molar-refractivity contribution in [3.63, 3.8) is 0 Å². The van der Waals surface area contributed by atoms with Gasteiger partial charge in [0.25, 0.3) is 0 Å². The molecule has 1 aromatic rings. The lowest BCUT2D eigenvalue weighted by Gasteiger charge is -2.38. The number of hydrogen-bond donors (Lipinski definition) is 1. The quantitative estimate of drug-likeness (QED) is 0.814. The van der Waals surface area contributed by atoms with Gasteiger partial charge in [-0.1, -0.05) is 43.7 Å². The number of aryl methyl sites for hydroxylation is 1. The number of benzene rings is 1. The summed E-state index contributed by atoms with van der Waals surface area (Å²) < 4.78 is 0. The number of hydrogen-bond acceptors (Lipinski definition) is 1. The van der Waals surface area contributed by atoms with E-state index in [1.165, 1.54) is 24.9 Å². The van der Waals surface area contributed by atoms with Gasteiger partial charge in [0, 0.05) is 6.04 Å². The van der Waals surface area contributed by atoms with Crippen molar-refractivity contribution in [2.24, 2.45) is 5.92 Å². The van der Waals surface area contributed by atoms with Crippen molar-refractivity contribution in [1.82, 2.24) is 5.32 Å². The number of rotatable bonds is 4. The highest BCUT2D eigenvalue weighted by Crippen LogP contribution is 2.42. The fourth-order valence-electron chi connectivity index (χ4n) is 2.54. The Balaban J connectivity index is 1.95. The third-order valence-corrected chi connectivity index (χ3v) is 3.68. The molecule has 88 valence electrons. The van der Waals surface area contributed by atoms with E-state index in [-0.39, 0.29) is 0 Å². The van der Waals surface area contributed by atoms with Gasteiger partial charge in [-0.05, 0) is 43.7 Å². The second kappa shape index (κ2) is 5.01. The Hall–Kier alpha value is -0.820. The molecule has 0 saturated heterocycles. The van der Waals surface area contributed by atoms with Crippen molar-refractivity contribution in [2.75, 3.05) is 6.54 Å². The SMILES string of the molecule is Cc1cccc(C2CCC2CNC(C)C)c1. The maximum Gasteiger partial charge on any atom is 0.00104 e. The van der Waals surface area contributed by atoms with E-state index >= 15 is 0 Å². The first-order valence-electron chi connectivity index (χ1n) is 6.47. The van der Waals surface area contributed by atoms with E-state index in [9.17, 15) is 0 Å². The summed E-state index contributed by atoms with van der Waals surface area (Å²) in [5.74, 6) is 1.65. The fourth-order valence-corrected chi connectivity index (χ4v) is 2.54. The van der Waals surface area contributed by atoms with Crippen LogP contribution in [0.3, 0.4) is 0 Å². The lowest BCUT2D eigenvalue weighted by molar-refractivity contribution is 0.240. The molecular formula is C15H23N. The smallest absolute Gasteiger partial charge is 0.00104 e. The molecule has 0 bridgehead atoms. The highest BCUT2D eigenvalue weighted by Gasteiger charge is 2.31. The molecule has 1 N–H and O–H groups in total. The topological polar surface area (TPSA) is 12.0 Å². The maximum atomic E-state index is 3.56. The zero-order valence-corrected chi connectivity index (χ0v) is 10.7. The summed E-state index contributed by atoms with van der Waals surface area (Å²) in [7, 11) is 0. The lowest BCUT2D eigenvalue weighted by Crippen LogP contribution is -2.36. The van der Waals surface area contributed by atoms with Crippen molar-refractivity contribution in [3.8, 4) is 0 Å². The van der Waals surface area contributed by atoms with Crippen LogP contribution >= 0.6 is 0 Å². The third-order valence-electron chi connectivity index (χ3n) is 3.68. The van der Waals surface area contributed by atoms with Crippen LogP contribution in [0.2, 0.25) is 0 Å². The van der Waals surface area contributed by atoms with Crippen LogP contribution in [0.1, 0.15) is 43.7 Å². The first kappa shape index (κ1) is 11.7.